The summed E-state index contributed by atoms with van der Waals surface area (Å²) in [5, 5.41) is 17.5. The standard InChI is InChI=1S/C11H9NO4/c1-2-16-11(15)7-3-4-8(6-12)9(5-7)10(13)14/h3-5H,2H2,1H3,(H,13,14). The van der Waals surface area contributed by atoms with Gasteiger partial charge in [-0.3, -0.25) is 0 Å². The number of carboxylic acid groups (broad SMARTS) is 1. The summed E-state index contributed by atoms with van der Waals surface area (Å²) < 4.78 is 4.72. The van der Waals surface area contributed by atoms with Crippen LogP contribution in [0.3, 0.4) is 0 Å². The number of nitriles is 1. The van der Waals surface area contributed by atoms with Crippen LogP contribution in [0.5, 0.6) is 0 Å². The van der Waals surface area contributed by atoms with Crippen LogP contribution in [-0.2, 0) is 4.74 Å². The van der Waals surface area contributed by atoms with Gasteiger partial charge in [0, 0.05) is 0 Å². The molecule has 0 heterocycles. The molecule has 0 unspecified atom stereocenters. The lowest BCUT2D eigenvalue weighted by Crippen LogP contribution is -2.08. The third-order valence-electron chi connectivity index (χ3n) is 1.88. The van der Waals surface area contributed by atoms with E-state index in [1.54, 1.807) is 13.0 Å². The largest absolute Gasteiger partial charge is 0.478 e. The topological polar surface area (TPSA) is 87.4 Å². The lowest BCUT2D eigenvalue weighted by molar-refractivity contribution is 0.0526. The first-order valence-electron chi connectivity index (χ1n) is 4.54. The lowest BCUT2D eigenvalue weighted by Gasteiger charge is -2.03. The fourth-order valence-corrected chi connectivity index (χ4v) is 1.16. The van der Waals surface area contributed by atoms with Gasteiger partial charge in [-0.1, -0.05) is 0 Å². The number of benzene rings is 1. The molecule has 5 nitrogen and oxygen atoms in total. The Morgan fingerprint density at radius 3 is 2.69 bits per heavy atom. The molecule has 0 amide bonds. The van der Waals surface area contributed by atoms with Crippen molar-refractivity contribution in [3.05, 3.63) is 34.9 Å². The van der Waals surface area contributed by atoms with Gasteiger partial charge in [-0.05, 0) is 25.1 Å². The highest BCUT2D eigenvalue weighted by molar-refractivity contribution is 5.96. The summed E-state index contributed by atoms with van der Waals surface area (Å²) in [5.41, 5.74) is -0.0631. The summed E-state index contributed by atoms with van der Waals surface area (Å²) >= 11 is 0. The summed E-state index contributed by atoms with van der Waals surface area (Å²) in [6, 6.07) is 5.53. The Morgan fingerprint density at radius 1 is 1.50 bits per heavy atom. The first-order chi connectivity index (χ1) is 7.60. The van der Waals surface area contributed by atoms with E-state index in [0.717, 1.165) is 6.07 Å². The smallest absolute Gasteiger partial charge is 0.338 e. The molecule has 0 saturated heterocycles. The number of aromatic carboxylic acids is 1. The van der Waals surface area contributed by atoms with Crippen molar-refractivity contribution in [3.63, 3.8) is 0 Å². The first-order valence-corrected chi connectivity index (χ1v) is 4.54. The van der Waals surface area contributed by atoms with Gasteiger partial charge in [0.05, 0.1) is 23.3 Å². The van der Waals surface area contributed by atoms with Gasteiger partial charge in [-0.15, -0.1) is 0 Å². The van der Waals surface area contributed by atoms with E-state index >= 15 is 0 Å². The number of rotatable bonds is 3. The molecule has 16 heavy (non-hydrogen) atoms. The third-order valence-corrected chi connectivity index (χ3v) is 1.88. The summed E-state index contributed by atoms with van der Waals surface area (Å²) in [6.45, 7) is 1.86. The molecule has 0 aliphatic heterocycles. The van der Waals surface area contributed by atoms with E-state index in [1.807, 2.05) is 0 Å². The van der Waals surface area contributed by atoms with Crippen LogP contribution in [-0.4, -0.2) is 23.7 Å². The molecule has 0 atom stereocenters. The Balaban J connectivity index is 3.18. The maximum absolute atomic E-state index is 11.3. The molecule has 0 aliphatic rings. The van der Waals surface area contributed by atoms with E-state index in [0.29, 0.717) is 0 Å². The molecular weight excluding hydrogens is 210 g/mol. The zero-order valence-corrected chi connectivity index (χ0v) is 8.56. The number of hydrogen-bond acceptors (Lipinski definition) is 4. The number of hydrogen-bond donors (Lipinski definition) is 1. The maximum atomic E-state index is 11.3. The fraction of sp³-hybridized carbons (Fsp3) is 0.182. The van der Waals surface area contributed by atoms with Crippen molar-refractivity contribution in [2.45, 2.75) is 6.92 Å². The highest BCUT2D eigenvalue weighted by Gasteiger charge is 2.14. The molecule has 0 aliphatic carbocycles. The van der Waals surface area contributed by atoms with Crippen molar-refractivity contribution in [2.75, 3.05) is 6.61 Å². The second-order valence-electron chi connectivity index (χ2n) is 2.90. The molecule has 1 aromatic rings. The molecule has 0 aromatic heterocycles. The van der Waals surface area contributed by atoms with Crippen LogP contribution in [0.25, 0.3) is 0 Å². The second kappa shape index (κ2) is 4.94. The minimum Gasteiger partial charge on any atom is -0.478 e. The summed E-state index contributed by atoms with van der Waals surface area (Å²) in [4.78, 5) is 22.1. The van der Waals surface area contributed by atoms with Gasteiger partial charge >= 0.3 is 11.9 Å². The third kappa shape index (κ3) is 2.36. The lowest BCUT2D eigenvalue weighted by atomic mass is 10.0. The average molecular weight is 219 g/mol. The molecule has 82 valence electrons. The van der Waals surface area contributed by atoms with Gasteiger partial charge in [0.2, 0.25) is 0 Å². The molecule has 0 saturated carbocycles. The molecule has 1 rings (SSSR count). The van der Waals surface area contributed by atoms with Crippen LogP contribution in [0.4, 0.5) is 0 Å². The van der Waals surface area contributed by atoms with Crippen molar-refractivity contribution in [2.24, 2.45) is 0 Å². The van der Waals surface area contributed by atoms with Gasteiger partial charge in [0.25, 0.3) is 0 Å². The van der Waals surface area contributed by atoms with E-state index < -0.39 is 11.9 Å². The van der Waals surface area contributed by atoms with Gasteiger partial charge in [-0.2, -0.15) is 5.26 Å². The normalized spacial score (nSPS) is 9.25. The Morgan fingerprint density at radius 2 is 2.19 bits per heavy atom. The highest BCUT2D eigenvalue weighted by atomic mass is 16.5. The van der Waals surface area contributed by atoms with E-state index in [2.05, 4.69) is 0 Å². The van der Waals surface area contributed by atoms with Crippen LogP contribution < -0.4 is 0 Å². The van der Waals surface area contributed by atoms with Gasteiger partial charge in [0.15, 0.2) is 0 Å². The molecule has 0 bridgehead atoms. The van der Waals surface area contributed by atoms with Crippen molar-refractivity contribution >= 4 is 11.9 Å². The monoisotopic (exact) mass is 219 g/mol. The zero-order valence-electron chi connectivity index (χ0n) is 8.56. The predicted octanol–water partition coefficient (Wildman–Crippen LogP) is 1.43. The fourth-order valence-electron chi connectivity index (χ4n) is 1.16. The van der Waals surface area contributed by atoms with E-state index in [9.17, 15) is 9.59 Å². The van der Waals surface area contributed by atoms with Crippen molar-refractivity contribution in [3.8, 4) is 6.07 Å². The van der Waals surface area contributed by atoms with E-state index in [4.69, 9.17) is 15.1 Å². The number of carbonyl (C=O) groups is 2. The first kappa shape index (κ1) is 11.7. The van der Waals surface area contributed by atoms with E-state index in [1.165, 1.54) is 12.1 Å². The predicted molar refractivity (Wildman–Crippen MR) is 54.1 cm³/mol. The quantitative estimate of drug-likeness (QED) is 0.777. The minimum absolute atomic E-state index is 0.0144. The number of esters is 1. The number of carbonyl (C=O) groups excluding carboxylic acids is 1. The molecular formula is C11H9NO4. The molecule has 0 spiro atoms. The maximum Gasteiger partial charge on any atom is 0.338 e. The number of ether oxygens (including phenoxy) is 1. The van der Waals surface area contributed by atoms with Crippen molar-refractivity contribution in [1.82, 2.24) is 0 Å². The van der Waals surface area contributed by atoms with E-state index in [-0.39, 0.29) is 23.3 Å². The Hall–Kier alpha value is -2.35. The van der Waals surface area contributed by atoms with Crippen LogP contribution >= 0.6 is 0 Å². The van der Waals surface area contributed by atoms with Gasteiger partial charge in [-0.25, -0.2) is 9.59 Å². The zero-order chi connectivity index (χ0) is 12.1. The average Bonchev–Trinajstić information content (AvgIpc) is 2.28. The summed E-state index contributed by atoms with van der Waals surface area (Å²) in [6.07, 6.45) is 0. The number of nitrogens with zero attached hydrogens (tertiary/aromatic N) is 1. The van der Waals surface area contributed by atoms with Crippen LogP contribution in [0.15, 0.2) is 18.2 Å². The Labute approximate surface area is 91.9 Å². The van der Waals surface area contributed by atoms with Crippen molar-refractivity contribution in [1.29, 1.82) is 5.26 Å². The molecule has 0 fully saturated rings. The van der Waals surface area contributed by atoms with Crippen LogP contribution in [0.2, 0.25) is 0 Å². The molecule has 0 radical (unpaired) electrons. The minimum atomic E-state index is -1.25. The SMILES string of the molecule is CCOC(=O)c1ccc(C#N)c(C(=O)O)c1. The van der Waals surface area contributed by atoms with Gasteiger partial charge in [0.1, 0.15) is 6.07 Å². The van der Waals surface area contributed by atoms with Gasteiger partial charge < -0.3 is 9.84 Å². The summed E-state index contributed by atoms with van der Waals surface area (Å²) in [5.74, 6) is -1.85. The summed E-state index contributed by atoms with van der Waals surface area (Å²) in [7, 11) is 0. The Kier molecular flexibility index (Phi) is 3.62. The van der Waals surface area contributed by atoms with Crippen LogP contribution in [0, 0.1) is 11.3 Å². The van der Waals surface area contributed by atoms with Crippen molar-refractivity contribution < 1.29 is 19.4 Å². The van der Waals surface area contributed by atoms with Crippen LogP contribution in [0.1, 0.15) is 33.2 Å². The molecule has 1 N–H and O–H groups in total. The number of carboxylic acids is 1. The second-order valence-corrected chi connectivity index (χ2v) is 2.90. The molecule has 1 aromatic carbocycles. The molecule has 5 heteroatoms. The highest BCUT2D eigenvalue weighted by Crippen LogP contribution is 2.12. The Bertz CT molecular complexity index is 473.